The quantitative estimate of drug-likeness (QED) is 0.224. The van der Waals surface area contributed by atoms with E-state index < -0.39 is 34.9 Å². The van der Waals surface area contributed by atoms with E-state index in [1.54, 1.807) is 6.20 Å². The van der Waals surface area contributed by atoms with Crippen molar-refractivity contribution >= 4 is 29.4 Å². The maximum Gasteiger partial charge on any atom is 0.269 e. The van der Waals surface area contributed by atoms with E-state index in [-0.39, 0.29) is 28.8 Å². The highest BCUT2D eigenvalue weighted by Crippen LogP contribution is 2.54. The first-order valence-electron chi connectivity index (χ1n) is 12.1. The van der Waals surface area contributed by atoms with Crippen LogP contribution < -0.4 is 0 Å². The molecule has 0 aromatic heterocycles. The van der Waals surface area contributed by atoms with Gasteiger partial charge in [-0.2, -0.15) is 0 Å². The van der Waals surface area contributed by atoms with Crippen LogP contribution in [0.3, 0.4) is 0 Å². The maximum atomic E-state index is 14.0. The molecule has 3 aliphatic heterocycles. The second-order valence-electron chi connectivity index (χ2n) is 9.63. The molecule has 0 radical (unpaired) electrons. The molecule has 0 saturated carbocycles. The number of nitro benzene ring substituents is 1. The molecule has 0 N–H and O–H groups in total. The van der Waals surface area contributed by atoms with Gasteiger partial charge in [-0.15, -0.1) is 0 Å². The molecular weight excluding hydrogens is 470 g/mol. The highest BCUT2D eigenvalue weighted by atomic mass is 16.6. The van der Waals surface area contributed by atoms with Crippen LogP contribution in [-0.2, 0) is 9.59 Å². The van der Waals surface area contributed by atoms with Gasteiger partial charge in [0.15, 0.2) is 5.78 Å². The molecule has 1 unspecified atom stereocenters. The zero-order valence-electron chi connectivity index (χ0n) is 19.9. The number of benzene rings is 3. The minimum Gasteiger partial charge on any atom is -0.358 e. The fourth-order valence-electron chi connectivity index (χ4n) is 6.06. The number of imide groups is 1. The van der Waals surface area contributed by atoms with E-state index in [9.17, 15) is 24.5 Å². The van der Waals surface area contributed by atoms with Gasteiger partial charge < -0.3 is 4.90 Å². The van der Waals surface area contributed by atoms with Crippen molar-refractivity contribution in [3.05, 3.63) is 117 Å². The number of carbonyl (C=O) groups excluding carboxylic acids is 3. The second kappa shape index (κ2) is 8.51. The van der Waals surface area contributed by atoms with E-state index >= 15 is 0 Å². The molecule has 8 heteroatoms. The van der Waals surface area contributed by atoms with Crippen LogP contribution in [0.25, 0.3) is 6.08 Å². The van der Waals surface area contributed by atoms with E-state index in [2.05, 4.69) is 0 Å². The van der Waals surface area contributed by atoms with Crippen LogP contribution in [0.1, 0.15) is 46.1 Å². The minimum absolute atomic E-state index is 0.125. The molecule has 2 amide bonds. The summed E-state index contributed by atoms with van der Waals surface area (Å²) in [5.74, 6) is -2.59. The molecule has 6 rings (SSSR count). The lowest BCUT2D eigenvalue weighted by Crippen LogP contribution is -2.44. The predicted molar refractivity (Wildman–Crippen MR) is 135 cm³/mol. The van der Waals surface area contributed by atoms with Crippen LogP contribution in [0.4, 0.5) is 5.69 Å². The first kappa shape index (κ1) is 22.8. The Labute approximate surface area is 213 Å². The van der Waals surface area contributed by atoms with E-state index in [0.717, 1.165) is 16.7 Å². The number of amides is 2. The molecule has 37 heavy (non-hydrogen) atoms. The first-order valence-corrected chi connectivity index (χ1v) is 12.1. The van der Waals surface area contributed by atoms with Gasteiger partial charge in [0, 0.05) is 23.9 Å². The molecule has 8 nitrogen and oxygen atoms in total. The monoisotopic (exact) mass is 493 g/mol. The third-order valence-electron chi connectivity index (χ3n) is 7.80. The summed E-state index contributed by atoms with van der Waals surface area (Å²) in [7, 11) is 0. The number of nitro groups is 1. The van der Waals surface area contributed by atoms with E-state index in [1.165, 1.54) is 29.2 Å². The van der Waals surface area contributed by atoms with Crippen molar-refractivity contribution in [3.8, 4) is 0 Å². The number of hydrogen-bond donors (Lipinski definition) is 0. The fraction of sp³-hybridized carbons (Fsp3) is 0.207. The number of fused-ring (bicyclic) bond motifs is 5. The second-order valence-corrected chi connectivity index (χ2v) is 9.63. The van der Waals surface area contributed by atoms with E-state index in [1.807, 2.05) is 72.5 Å². The SMILES string of the molecule is C[C@H](c1ccccc1)N1C(=O)[C@@H]2[C@H](C1=O)C1c3ccccc3C=CN1[C@@H]2C(=O)c1ccc([N+](=O)[O-])cc1. The maximum absolute atomic E-state index is 14.0. The number of Topliss-reactive ketones (excluding diaryl/α,β-unsaturated/α-hetero) is 1. The Hall–Kier alpha value is -4.59. The van der Waals surface area contributed by atoms with Crippen molar-refractivity contribution in [1.82, 2.24) is 9.80 Å². The summed E-state index contributed by atoms with van der Waals surface area (Å²) in [6.45, 7) is 1.83. The van der Waals surface area contributed by atoms with Crippen molar-refractivity contribution in [2.24, 2.45) is 11.8 Å². The van der Waals surface area contributed by atoms with Gasteiger partial charge in [0.25, 0.3) is 5.69 Å². The Balaban J connectivity index is 1.45. The Morgan fingerprint density at radius 2 is 1.54 bits per heavy atom. The molecule has 3 aliphatic rings. The Morgan fingerprint density at radius 3 is 2.24 bits per heavy atom. The van der Waals surface area contributed by atoms with Crippen molar-refractivity contribution < 1.29 is 19.3 Å². The molecule has 5 atom stereocenters. The van der Waals surface area contributed by atoms with Gasteiger partial charge in [-0.3, -0.25) is 29.4 Å². The average Bonchev–Trinajstić information content (AvgIpc) is 3.40. The van der Waals surface area contributed by atoms with Crippen LogP contribution in [0.15, 0.2) is 85.1 Å². The number of ketones is 1. The van der Waals surface area contributed by atoms with Gasteiger partial charge in [0.1, 0.15) is 6.04 Å². The summed E-state index contributed by atoms with van der Waals surface area (Å²) in [5, 5.41) is 11.1. The molecule has 0 spiro atoms. The van der Waals surface area contributed by atoms with Crippen LogP contribution in [-0.4, -0.2) is 38.4 Å². The van der Waals surface area contributed by atoms with Gasteiger partial charge >= 0.3 is 0 Å². The lowest BCUT2D eigenvalue weighted by Gasteiger charge is -2.36. The third-order valence-corrected chi connectivity index (χ3v) is 7.80. The Bertz CT molecular complexity index is 1470. The summed E-state index contributed by atoms with van der Waals surface area (Å²) in [4.78, 5) is 55.6. The Morgan fingerprint density at radius 1 is 0.892 bits per heavy atom. The summed E-state index contributed by atoms with van der Waals surface area (Å²) in [6, 6.07) is 20.6. The molecule has 3 heterocycles. The number of non-ortho nitro benzene ring substituents is 1. The highest BCUT2D eigenvalue weighted by Gasteiger charge is 2.64. The molecule has 184 valence electrons. The molecule has 2 fully saturated rings. The van der Waals surface area contributed by atoms with Gasteiger partial charge in [-0.1, -0.05) is 54.6 Å². The van der Waals surface area contributed by atoms with E-state index in [4.69, 9.17) is 0 Å². The summed E-state index contributed by atoms with van der Waals surface area (Å²) in [6.07, 6.45) is 3.69. The zero-order chi connectivity index (χ0) is 25.8. The number of rotatable bonds is 5. The zero-order valence-corrected chi connectivity index (χ0v) is 19.9. The average molecular weight is 494 g/mol. The lowest BCUT2D eigenvalue weighted by molar-refractivity contribution is -0.384. The van der Waals surface area contributed by atoms with Crippen LogP contribution in [0.5, 0.6) is 0 Å². The number of hydrogen-bond acceptors (Lipinski definition) is 6. The van der Waals surface area contributed by atoms with Gasteiger partial charge in [-0.05, 0) is 41.8 Å². The minimum atomic E-state index is -0.912. The smallest absolute Gasteiger partial charge is 0.269 e. The Kier molecular flexibility index (Phi) is 5.26. The van der Waals surface area contributed by atoms with Crippen LogP contribution >= 0.6 is 0 Å². The van der Waals surface area contributed by atoms with Crippen LogP contribution in [0.2, 0.25) is 0 Å². The van der Waals surface area contributed by atoms with Crippen molar-refractivity contribution in [2.75, 3.05) is 0 Å². The molecular formula is C29H23N3O5. The fourth-order valence-corrected chi connectivity index (χ4v) is 6.06. The highest BCUT2D eigenvalue weighted by molar-refractivity contribution is 6.12. The van der Waals surface area contributed by atoms with Crippen LogP contribution in [0, 0.1) is 22.0 Å². The van der Waals surface area contributed by atoms with Gasteiger partial charge in [0.05, 0.1) is 28.8 Å². The largest absolute Gasteiger partial charge is 0.358 e. The topological polar surface area (TPSA) is 101 Å². The molecule has 0 aliphatic carbocycles. The normalized spacial score (nSPS) is 24.5. The summed E-state index contributed by atoms with van der Waals surface area (Å²) >= 11 is 0. The molecule has 3 aromatic rings. The third kappa shape index (κ3) is 3.40. The van der Waals surface area contributed by atoms with Gasteiger partial charge in [-0.25, -0.2) is 0 Å². The number of nitrogens with zero attached hydrogens (tertiary/aromatic N) is 3. The standard InChI is InChI=1S/C29H23N3O5/c1-17(18-7-3-2-4-8-18)31-28(34)23-24(29(31)35)26(27(33)20-11-13-21(14-12-20)32(36)37)30-16-15-19-9-5-6-10-22(19)25(23)30/h2-17,23-26H,1H3/t17-,23+,24-,25?,26+/m1/s1. The first-order chi connectivity index (χ1) is 17.9. The molecule has 2 saturated heterocycles. The summed E-state index contributed by atoms with van der Waals surface area (Å²) in [5.41, 5.74) is 2.82. The van der Waals surface area contributed by atoms with Gasteiger partial charge in [0.2, 0.25) is 11.8 Å². The van der Waals surface area contributed by atoms with E-state index in [0.29, 0.717) is 0 Å². The predicted octanol–water partition coefficient (Wildman–Crippen LogP) is 4.55. The molecule has 0 bridgehead atoms. The lowest BCUT2D eigenvalue weighted by atomic mass is 9.83. The number of carbonyl (C=O) groups is 3. The van der Waals surface area contributed by atoms with Crippen molar-refractivity contribution in [2.45, 2.75) is 25.0 Å². The summed E-state index contributed by atoms with van der Waals surface area (Å²) < 4.78 is 0. The van der Waals surface area contributed by atoms with Crippen molar-refractivity contribution in [3.63, 3.8) is 0 Å². The van der Waals surface area contributed by atoms with Crippen molar-refractivity contribution in [1.29, 1.82) is 0 Å². The number of likely N-dealkylation sites (tertiary alicyclic amines) is 1. The molecule has 3 aromatic carbocycles.